The standard InChI is InChI=1S/C16H30O2Si/c1-12-11-14(18-19(5,6)15(2,3)4)13-9-7-8-10-16(12,13)17/h11,13-14,17H,7-10H2,1-6H3/t13-,14+,16-/m1/s1. The van der Waals surface area contributed by atoms with Gasteiger partial charge in [0.2, 0.25) is 0 Å². The Balaban J connectivity index is 2.19. The van der Waals surface area contributed by atoms with Gasteiger partial charge < -0.3 is 9.53 Å². The predicted octanol–water partition coefficient (Wildman–Crippen LogP) is 4.26. The third-order valence-corrected chi connectivity index (χ3v) is 10.1. The van der Waals surface area contributed by atoms with E-state index in [2.05, 4.69) is 46.9 Å². The highest BCUT2D eigenvalue weighted by atomic mass is 28.4. The third kappa shape index (κ3) is 2.57. The van der Waals surface area contributed by atoms with Gasteiger partial charge in [-0.1, -0.05) is 39.7 Å². The Morgan fingerprint density at radius 2 is 1.95 bits per heavy atom. The van der Waals surface area contributed by atoms with Crippen LogP contribution in [0.5, 0.6) is 0 Å². The highest BCUT2D eigenvalue weighted by Crippen LogP contribution is 2.49. The molecule has 2 nitrogen and oxygen atoms in total. The molecule has 110 valence electrons. The van der Waals surface area contributed by atoms with Crippen molar-refractivity contribution in [1.29, 1.82) is 0 Å². The maximum atomic E-state index is 10.9. The zero-order chi connectivity index (χ0) is 14.5. The Morgan fingerprint density at radius 3 is 2.53 bits per heavy atom. The summed E-state index contributed by atoms with van der Waals surface area (Å²) >= 11 is 0. The summed E-state index contributed by atoms with van der Waals surface area (Å²) in [5, 5.41) is 11.1. The van der Waals surface area contributed by atoms with Crippen LogP contribution < -0.4 is 0 Å². The van der Waals surface area contributed by atoms with Crippen molar-refractivity contribution in [2.45, 2.75) is 83.2 Å². The zero-order valence-electron chi connectivity index (χ0n) is 13.4. The molecule has 0 radical (unpaired) electrons. The molecule has 2 aliphatic rings. The maximum absolute atomic E-state index is 10.9. The van der Waals surface area contributed by atoms with Gasteiger partial charge >= 0.3 is 0 Å². The summed E-state index contributed by atoms with van der Waals surface area (Å²) < 4.78 is 6.57. The normalized spacial score (nSPS) is 36.1. The van der Waals surface area contributed by atoms with E-state index in [9.17, 15) is 5.11 Å². The molecule has 1 N–H and O–H groups in total. The smallest absolute Gasteiger partial charge is 0.192 e. The topological polar surface area (TPSA) is 29.5 Å². The fourth-order valence-corrected chi connectivity index (χ4v) is 4.51. The summed E-state index contributed by atoms with van der Waals surface area (Å²) in [5.74, 6) is 0.287. The van der Waals surface area contributed by atoms with Crippen molar-refractivity contribution < 1.29 is 9.53 Å². The SMILES string of the molecule is CC1=C[C@H](O[Si](C)(C)C(C)(C)C)[C@H]2CCCC[C@@]12O. The van der Waals surface area contributed by atoms with Crippen LogP contribution in [0.1, 0.15) is 53.4 Å². The van der Waals surface area contributed by atoms with Crippen molar-refractivity contribution in [3.05, 3.63) is 11.6 Å². The zero-order valence-corrected chi connectivity index (χ0v) is 14.4. The first-order valence-corrected chi connectivity index (χ1v) is 10.6. The first-order valence-electron chi connectivity index (χ1n) is 7.67. The predicted molar refractivity (Wildman–Crippen MR) is 82.7 cm³/mol. The Bertz CT molecular complexity index is 381. The average Bonchev–Trinajstić information content (AvgIpc) is 2.49. The second-order valence-corrected chi connectivity index (χ2v) is 12.7. The van der Waals surface area contributed by atoms with Gasteiger partial charge in [-0.2, -0.15) is 0 Å². The van der Waals surface area contributed by atoms with Crippen LogP contribution in [0.15, 0.2) is 11.6 Å². The molecule has 0 spiro atoms. The number of hydrogen-bond donors (Lipinski definition) is 1. The molecule has 1 saturated carbocycles. The van der Waals surface area contributed by atoms with Gasteiger partial charge in [-0.15, -0.1) is 0 Å². The number of aliphatic hydroxyl groups is 1. The first-order chi connectivity index (χ1) is 8.58. The molecule has 0 aliphatic heterocycles. The minimum absolute atomic E-state index is 0.131. The molecule has 0 bridgehead atoms. The molecule has 0 unspecified atom stereocenters. The van der Waals surface area contributed by atoms with Crippen LogP contribution >= 0.6 is 0 Å². The molecule has 0 heterocycles. The lowest BCUT2D eigenvalue weighted by atomic mass is 9.74. The lowest BCUT2D eigenvalue weighted by Gasteiger charge is -2.43. The highest BCUT2D eigenvalue weighted by molar-refractivity contribution is 6.74. The van der Waals surface area contributed by atoms with Gasteiger partial charge in [0.15, 0.2) is 8.32 Å². The Hall–Kier alpha value is -0.123. The lowest BCUT2D eigenvalue weighted by Crippen LogP contribution is -2.49. The summed E-state index contributed by atoms with van der Waals surface area (Å²) in [4.78, 5) is 0. The highest BCUT2D eigenvalue weighted by Gasteiger charge is 2.51. The van der Waals surface area contributed by atoms with E-state index < -0.39 is 13.9 Å². The van der Waals surface area contributed by atoms with Gasteiger partial charge in [0, 0.05) is 5.92 Å². The largest absolute Gasteiger partial charge is 0.410 e. The molecular weight excluding hydrogens is 252 g/mol. The van der Waals surface area contributed by atoms with E-state index in [4.69, 9.17) is 4.43 Å². The second-order valence-electron chi connectivity index (χ2n) is 7.97. The Kier molecular flexibility index (Phi) is 3.79. The molecule has 2 aliphatic carbocycles. The van der Waals surface area contributed by atoms with E-state index in [0.29, 0.717) is 0 Å². The molecule has 19 heavy (non-hydrogen) atoms. The average molecular weight is 282 g/mol. The van der Waals surface area contributed by atoms with E-state index in [1.165, 1.54) is 6.42 Å². The summed E-state index contributed by atoms with van der Waals surface area (Å²) in [5.41, 5.74) is 0.562. The van der Waals surface area contributed by atoms with Crippen LogP contribution in [-0.2, 0) is 4.43 Å². The van der Waals surface area contributed by atoms with E-state index in [-0.39, 0.29) is 17.1 Å². The van der Waals surface area contributed by atoms with Crippen molar-refractivity contribution >= 4 is 8.32 Å². The van der Waals surface area contributed by atoms with Crippen molar-refractivity contribution in [2.75, 3.05) is 0 Å². The maximum Gasteiger partial charge on any atom is 0.192 e. The molecule has 1 fully saturated rings. The Morgan fingerprint density at radius 1 is 1.32 bits per heavy atom. The van der Waals surface area contributed by atoms with Crippen LogP contribution in [0.25, 0.3) is 0 Å². The van der Waals surface area contributed by atoms with E-state index in [0.717, 1.165) is 24.8 Å². The minimum atomic E-state index is -1.76. The van der Waals surface area contributed by atoms with Gasteiger partial charge in [-0.05, 0) is 43.5 Å². The molecule has 3 atom stereocenters. The van der Waals surface area contributed by atoms with E-state index in [1.807, 2.05) is 0 Å². The summed E-state index contributed by atoms with van der Waals surface area (Å²) in [7, 11) is -1.76. The first kappa shape index (κ1) is 15.3. The van der Waals surface area contributed by atoms with Gasteiger partial charge in [0.25, 0.3) is 0 Å². The number of hydrogen-bond acceptors (Lipinski definition) is 2. The molecule has 0 amide bonds. The fourth-order valence-electron chi connectivity index (χ4n) is 3.25. The quantitative estimate of drug-likeness (QED) is 0.606. The third-order valence-electron chi connectivity index (χ3n) is 5.67. The van der Waals surface area contributed by atoms with Crippen molar-refractivity contribution in [1.82, 2.24) is 0 Å². The molecule has 0 aromatic carbocycles. The van der Waals surface area contributed by atoms with Crippen LogP contribution in [-0.4, -0.2) is 25.1 Å². The van der Waals surface area contributed by atoms with Crippen molar-refractivity contribution in [2.24, 2.45) is 5.92 Å². The Labute approximate surface area is 119 Å². The van der Waals surface area contributed by atoms with Crippen LogP contribution in [0.3, 0.4) is 0 Å². The van der Waals surface area contributed by atoms with Gasteiger partial charge in [0.1, 0.15) is 0 Å². The van der Waals surface area contributed by atoms with E-state index in [1.54, 1.807) is 0 Å². The lowest BCUT2D eigenvalue weighted by molar-refractivity contribution is -0.0373. The molecule has 3 heteroatoms. The molecular formula is C16H30O2Si. The monoisotopic (exact) mass is 282 g/mol. The summed E-state index contributed by atoms with van der Waals surface area (Å²) in [6.07, 6.45) is 6.72. The van der Waals surface area contributed by atoms with Crippen molar-refractivity contribution in [3.8, 4) is 0 Å². The summed E-state index contributed by atoms with van der Waals surface area (Å²) in [6.45, 7) is 13.5. The number of fused-ring (bicyclic) bond motifs is 1. The molecule has 0 aromatic heterocycles. The second kappa shape index (κ2) is 4.71. The van der Waals surface area contributed by atoms with Crippen LogP contribution in [0.2, 0.25) is 18.1 Å². The molecule has 2 rings (SSSR count). The minimum Gasteiger partial charge on any atom is -0.410 e. The van der Waals surface area contributed by atoms with Crippen LogP contribution in [0, 0.1) is 5.92 Å². The van der Waals surface area contributed by atoms with Crippen LogP contribution in [0.4, 0.5) is 0 Å². The number of rotatable bonds is 2. The van der Waals surface area contributed by atoms with Gasteiger partial charge in [0.05, 0.1) is 11.7 Å². The van der Waals surface area contributed by atoms with Gasteiger partial charge in [-0.3, -0.25) is 0 Å². The molecule has 0 saturated heterocycles. The van der Waals surface area contributed by atoms with Crippen molar-refractivity contribution in [3.63, 3.8) is 0 Å². The fraction of sp³-hybridized carbons (Fsp3) is 0.875. The molecule has 0 aromatic rings. The van der Waals surface area contributed by atoms with Gasteiger partial charge in [-0.25, -0.2) is 0 Å². The summed E-state index contributed by atoms with van der Waals surface area (Å²) in [6, 6.07) is 0. The van der Waals surface area contributed by atoms with E-state index >= 15 is 0 Å².